The summed E-state index contributed by atoms with van der Waals surface area (Å²) >= 11 is 0. The number of nitrogens with zero attached hydrogens (tertiary/aromatic N) is 1. The number of halogens is 4. The monoisotopic (exact) mass is 377 g/mol. The van der Waals surface area contributed by atoms with Crippen LogP contribution in [0, 0.1) is 5.82 Å². The summed E-state index contributed by atoms with van der Waals surface area (Å²) in [6, 6.07) is 2.57. The van der Waals surface area contributed by atoms with Crippen molar-refractivity contribution in [2.45, 2.75) is 38.4 Å². The number of rotatable bonds is 8. The minimum atomic E-state index is -4.63. The lowest BCUT2D eigenvalue weighted by Crippen LogP contribution is -2.37. The van der Waals surface area contributed by atoms with Gasteiger partial charge in [-0.2, -0.15) is 13.2 Å². The largest absolute Gasteiger partial charge is 0.469 e. The Kier molecular flexibility index (Phi) is 8.87. The van der Waals surface area contributed by atoms with E-state index in [-0.39, 0.29) is 18.1 Å². The van der Waals surface area contributed by atoms with E-state index in [0.29, 0.717) is 31.4 Å². The van der Waals surface area contributed by atoms with Gasteiger partial charge in [-0.05, 0) is 30.5 Å². The molecule has 146 valence electrons. The van der Waals surface area contributed by atoms with Gasteiger partial charge >= 0.3 is 12.1 Å². The predicted molar refractivity (Wildman–Crippen MR) is 90.1 cm³/mol. The molecule has 0 atom stereocenters. The Morgan fingerprint density at radius 1 is 1.19 bits per heavy atom. The van der Waals surface area contributed by atoms with Gasteiger partial charge in [-0.3, -0.25) is 9.79 Å². The van der Waals surface area contributed by atoms with Gasteiger partial charge in [-0.15, -0.1) is 0 Å². The fourth-order valence-electron chi connectivity index (χ4n) is 2.25. The van der Waals surface area contributed by atoms with E-state index >= 15 is 0 Å². The Balaban J connectivity index is 2.45. The Labute approximate surface area is 149 Å². The molecule has 2 N–H and O–H groups in total. The summed E-state index contributed by atoms with van der Waals surface area (Å²) in [5, 5.41) is 5.76. The summed E-state index contributed by atoms with van der Waals surface area (Å²) < 4.78 is 56.5. The average Bonchev–Trinajstić information content (AvgIpc) is 2.60. The Morgan fingerprint density at radius 2 is 1.92 bits per heavy atom. The molecule has 1 aromatic carbocycles. The van der Waals surface area contributed by atoms with E-state index in [4.69, 9.17) is 0 Å². The van der Waals surface area contributed by atoms with E-state index in [2.05, 4.69) is 20.4 Å². The van der Waals surface area contributed by atoms with Crippen LogP contribution in [-0.4, -0.2) is 32.6 Å². The van der Waals surface area contributed by atoms with Crippen molar-refractivity contribution in [2.24, 2.45) is 4.99 Å². The second kappa shape index (κ2) is 10.6. The molecule has 0 amide bonds. The maximum atomic E-state index is 13.1. The first-order valence-electron chi connectivity index (χ1n) is 8.15. The smallest absolute Gasteiger partial charge is 0.416 e. The molecule has 9 heteroatoms. The van der Waals surface area contributed by atoms with Crippen LogP contribution in [0.3, 0.4) is 0 Å². The average molecular weight is 377 g/mol. The third-order valence-corrected chi connectivity index (χ3v) is 3.62. The van der Waals surface area contributed by atoms with Gasteiger partial charge in [0.1, 0.15) is 5.82 Å². The van der Waals surface area contributed by atoms with E-state index in [1.165, 1.54) is 14.2 Å². The molecule has 0 aromatic heterocycles. The van der Waals surface area contributed by atoms with E-state index < -0.39 is 17.6 Å². The number of carbonyl (C=O) groups is 1. The van der Waals surface area contributed by atoms with Crippen LogP contribution in [0.2, 0.25) is 0 Å². The lowest BCUT2D eigenvalue weighted by atomic mass is 10.1. The molecule has 0 fully saturated rings. The summed E-state index contributed by atoms with van der Waals surface area (Å²) in [4.78, 5) is 14.9. The van der Waals surface area contributed by atoms with Crippen molar-refractivity contribution in [3.05, 3.63) is 35.1 Å². The quantitative estimate of drug-likeness (QED) is 0.240. The van der Waals surface area contributed by atoms with Crippen LogP contribution in [0.25, 0.3) is 0 Å². The molecule has 1 rings (SSSR count). The van der Waals surface area contributed by atoms with Gasteiger partial charge in [-0.25, -0.2) is 4.39 Å². The molecule has 5 nitrogen and oxygen atoms in total. The van der Waals surface area contributed by atoms with Gasteiger partial charge in [0.05, 0.1) is 12.7 Å². The highest BCUT2D eigenvalue weighted by Gasteiger charge is 2.33. The number of carbonyl (C=O) groups excluding carboxylic acids is 1. The highest BCUT2D eigenvalue weighted by Crippen LogP contribution is 2.32. The molecule has 0 saturated carbocycles. The minimum Gasteiger partial charge on any atom is -0.469 e. The number of benzene rings is 1. The molecule has 0 heterocycles. The van der Waals surface area contributed by atoms with Crippen LogP contribution >= 0.6 is 0 Å². The van der Waals surface area contributed by atoms with Crippen LogP contribution in [0.15, 0.2) is 23.2 Å². The predicted octanol–water partition coefficient (Wildman–Crippen LogP) is 3.24. The van der Waals surface area contributed by atoms with Crippen LogP contribution in [0.4, 0.5) is 17.6 Å². The highest BCUT2D eigenvalue weighted by molar-refractivity contribution is 5.79. The zero-order chi connectivity index (χ0) is 19.6. The standard InChI is InChI=1S/C17H23F4N3O2/c1-22-16(23-9-5-3-4-6-15(25)26-2)24-11-12-7-8-13(18)10-14(12)17(19,20)21/h7-8,10H,3-6,9,11H2,1-2H3,(H2,22,23,24). The fraction of sp³-hybridized carbons (Fsp3) is 0.529. The minimum absolute atomic E-state index is 0.0695. The van der Waals surface area contributed by atoms with Crippen LogP contribution in [-0.2, 0) is 22.3 Å². The third kappa shape index (κ3) is 7.71. The molecule has 0 aliphatic heterocycles. The second-order valence-corrected chi connectivity index (χ2v) is 5.54. The fourth-order valence-corrected chi connectivity index (χ4v) is 2.25. The normalized spacial score (nSPS) is 12.0. The molecule has 0 bridgehead atoms. The maximum Gasteiger partial charge on any atom is 0.416 e. The zero-order valence-electron chi connectivity index (χ0n) is 14.8. The van der Waals surface area contributed by atoms with Crippen molar-refractivity contribution in [1.29, 1.82) is 0 Å². The SMILES string of the molecule is CN=C(NCCCCCC(=O)OC)NCc1ccc(F)cc1C(F)(F)F. The van der Waals surface area contributed by atoms with Crippen molar-refractivity contribution in [3.63, 3.8) is 0 Å². The maximum absolute atomic E-state index is 13.1. The number of guanidine groups is 1. The van der Waals surface area contributed by atoms with Gasteiger partial charge in [0, 0.05) is 26.6 Å². The molecule has 0 unspecified atom stereocenters. The Bertz CT molecular complexity index is 619. The van der Waals surface area contributed by atoms with E-state index in [1.807, 2.05) is 0 Å². The lowest BCUT2D eigenvalue weighted by Gasteiger charge is -2.16. The van der Waals surface area contributed by atoms with Crippen molar-refractivity contribution in [3.8, 4) is 0 Å². The van der Waals surface area contributed by atoms with Crippen molar-refractivity contribution in [1.82, 2.24) is 10.6 Å². The summed E-state index contributed by atoms with van der Waals surface area (Å²) in [6.07, 6.45) is -2.01. The second-order valence-electron chi connectivity index (χ2n) is 5.54. The van der Waals surface area contributed by atoms with Gasteiger partial charge in [-0.1, -0.05) is 12.5 Å². The van der Waals surface area contributed by atoms with Crippen molar-refractivity contribution < 1.29 is 27.1 Å². The number of hydrogen-bond acceptors (Lipinski definition) is 3. The molecule has 1 aromatic rings. The van der Waals surface area contributed by atoms with Crippen LogP contribution in [0.5, 0.6) is 0 Å². The van der Waals surface area contributed by atoms with Crippen molar-refractivity contribution in [2.75, 3.05) is 20.7 Å². The van der Waals surface area contributed by atoms with Gasteiger partial charge in [0.2, 0.25) is 0 Å². The molecule has 26 heavy (non-hydrogen) atoms. The number of nitrogens with one attached hydrogen (secondary N) is 2. The molecule has 0 radical (unpaired) electrons. The molecule has 0 aliphatic carbocycles. The summed E-state index contributed by atoms with van der Waals surface area (Å²) in [6.45, 7) is 0.410. The number of unbranched alkanes of at least 4 members (excludes halogenated alkanes) is 2. The first kappa shape index (κ1) is 21.7. The van der Waals surface area contributed by atoms with Crippen LogP contribution in [0.1, 0.15) is 36.8 Å². The summed E-state index contributed by atoms with van der Waals surface area (Å²) in [5.74, 6) is -0.846. The Hall–Kier alpha value is -2.32. The summed E-state index contributed by atoms with van der Waals surface area (Å²) in [7, 11) is 2.84. The topological polar surface area (TPSA) is 62.7 Å². The van der Waals surface area contributed by atoms with Gasteiger partial charge in [0.15, 0.2) is 5.96 Å². The van der Waals surface area contributed by atoms with E-state index in [0.717, 1.165) is 25.0 Å². The number of alkyl halides is 3. The molecular formula is C17H23F4N3O2. The summed E-state index contributed by atoms with van der Waals surface area (Å²) in [5.41, 5.74) is -1.08. The van der Waals surface area contributed by atoms with E-state index in [9.17, 15) is 22.4 Å². The molecular weight excluding hydrogens is 354 g/mol. The first-order chi connectivity index (χ1) is 12.3. The molecule has 0 aliphatic rings. The molecule has 0 saturated heterocycles. The van der Waals surface area contributed by atoms with Crippen molar-refractivity contribution >= 4 is 11.9 Å². The van der Waals surface area contributed by atoms with Crippen LogP contribution < -0.4 is 10.6 Å². The number of esters is 1. The number of hydrogen-bond donors (Lipinski definition) is 2. The number of ether oxygens (including phenoxy) is 1. The van der Waals surface area contributed by atoms with Gasteiger partial charge in [0.25, 0.3) is 0 Å². The third-order valence-electron chi connectivity index (χ3n) is 3.62. The zero-order valence-corrected chi connectivity index (χ0v) is 14.8. The van der Waals surface area contributed by atoms with E-state index in [1.54, 1.807) is 0 Å². The molecule has 0 spiro atoms. The first-order valence-corrected chi connectivity index (χ1v) is 8.15. The lowest BCUT2D eigenvalue weighted by molar-refractivity contribution is -0.141. The number of methoxy groups -OCH3 is 1. The number of aliphatic imine (C=N–C) groups is 1. The highest BCUT2D eigenvalue weighted by atomic mass is 19.4. The van der Waals surface area contributed by atoms with Gasteiger partial charge < -0.3 is 15.4 Å². The Morgan fingerprint density at radius 3 is 2.54 bits per heavy atom.